The van der Waals surface area contributed by atoms with Crippen LogP contribution in [0.1, 0.15) is 16.1 Å². The van der Waals surface area contributed by atoms with Gasteiger partial charge in [0, 0.05) is 47.8 Å². The SMILES string of the molecule is COc1ncc(COc2ccc(-c3c(-c4cc[n+](C)cc4)nn4c3C(=O)NCC4)cc2)cn1. The van der Waals surface area contributed by atoms with E-state index in [4.69, 9.17) is 14.6 Å². The molecule has 1 amide bonds. The number of carbonyl (C=O) groups is 1. The molecule has 0 fully saturated rings. The molecule has 0 atom stereocenters. The minimum absolute atomic E-state index is 0.115. The van der Waals surface area contributed by atoms with Crippen LogP contribution in [-0.4, -0.2) is 39.3 Å². The fourth-order valence-electron chi connectivity index (χ4n) is 3.76. The Labute approximate surface area is 190 Å². The van der Waals surface area contributed by atoms with Crippen LogP contribution in [0.15, 0.2) is 61.2 Å². The van der Waals surface area contributed by atoms with Gasteiger partial charge in [-0.2, -0.15) is 5.10 Å². The molecule has 0 spiro atoms. The monoisotopic (exact) mass is 443 g/mol. The summed E-state index contributed by atoms with van der Waals surface area (Å²) >= 11 is 0. The molecule has 0 radical (unpaired) electrons. The van der Waals surface area contributed by atoms with Gasteiger partial charge in [-0.1, -0.05) is 12.1 Å². The smallest absolute Gasteiger partial charge is 0.316 e. The van der Waals surface area contributed by atoms with Crippen molar-refractivity contribution in [1.82, 2.24) is 25.1 Å². The number of pyridine rings is 1. The van der Waals surface area contributed by atoms with Crippen molar-refractivity contribution in [1.29, 1.82) is 0 Å². The molecule has 4 aromatic rings. The number of amides is 1. The molecule has 9 heteroatoms. The number of ether oxygens (including phenoxy) is 2. The average molecular weight is 443 g/mol. The Bertz CT molecular complexity index is 1280. The second-order valence-corrected chi connectivity index (χ2v) is 7.69. The molecule has 4 heterocycles. The van der Waals surface area contributed by atoms with E-state index < -0.39 is 0 Å². The number of nitrogens with one attached hydrogen (secondary N) is 1. The molecule has 0 unspecified atom stereocenters. The van der Waals surface area contributed by atoms with Crippen molar-refractivity contribution < 1.29 is 18.8 Å². The van der Waals surface area contributed by atoms with Crippen molar-refractivity contribution in [2.45, 2.75) is 13.2 Å². The number of rotatable bonds is 6. The van der Waals surface area contributed by atoms with Gasteiger partial charge in [0.15, 0.2) is 12.4 Å². The summed E-state index contributed by atoms with van der Waals surface area (Å²) in [5, 5.41) is 7.71. The summed E-state index contributed by atoms with van der Waals surface area (Å²) in [6.07, 6.45) is 7.28. The summed E-state index contributed by atoms with van der Waals surface area (Å²) in [7, 11) is 3.49. The Balaban J connectivity index is 1.45. The Hall–Kier alpha value is -4.27. The Morgan fingerprint density at radius 1 is 1.06 bits per heavy atom. The number of aryl methyl sites for hydroxylation is 1. The van der Waals surface area contributed by atoms with Crippen LogP contribution < -0.4 is 19.4 Å². The van der Waals surface area contributed by atoms with Gasteiger partial charge in [-0.15, -0.1) is 0 Å². The van der Waals surface area contributed by atoms with Gasteiger partial charge >= 0.3 is 6.01 Å². The van der Waals surface area contributed by atoms with Gasteiger partial charge < -0.3 is 14.8 Å². The lowest BCUT2D eigenvalue weighted by atomic mass is 9.98. The third kappa shape index (κ3) is 4.12. The fraction of sp³-hybridized carbons (Fsp3) is 0.208. The van der Waals surface area contributed by atoms with Crippen molar-refractivity contribution in [2.75, 3.05) is 13.7 Å². The second-order valence-electron chi connectivity index (χ2n) is 7.69. The number of nitrogens with zero attached hydrogens (tertiary/aromatic N) is 5. The molecule has 0 bridgehead atoms. The largest absolute Gasteiger partial charge is 0.489 e. The Kier molecular flexibility index (Phi) is 5.43. The third-order valence-corrected chi connectivity index (χ3v) is 5.44. The summed E-state index contributed by atoms with van der Waals surface area (Å²) in [5.74, 6) is 0.588. The standard InChI is InChI=1S/C24H22N6O3/c1-29-10-7-18(8-11-29)21-20(22-23(31)25-9-12-30(22)28-21)17-3-5-19(6-4-17)33-15-16-13-26-24(32-2)27-14-16/h3-8,10-11,13-14H,9,12,15H2,1-2H3/p+1. The van der Waals surface area contributed by atoms with E-state index in [1.807, 2.05) is 60.4 Å². The quantitative estimate of drug-likeness (QED) is 0.459. The first-order valence-electron chi connectivity index (χ1n) is 10.5. The highest BCUT2D eigenvalue weighted by atomic mass is 16.5. The molecule has 9 nitrogen and oxygen atoms in total. The summed E-state index contributed by atoms with van der Waals surface area (Å²) in [4.78, 5) is 20.9. The van der Waals surface area contributed by atoms with Gasteiger partial charge in [-0.3, -0.25) is 9.48 Å². The maximum absolute atomic E-state index is 12.7. The van der Waals surface area contributed by atoms with Gasteiger partial charge in [0.05, 0.1) is 13.7 Å². The van der Waals surface area contributed by atoms with Crippen LogP contribution in [0.4, 0.5) is 0 Å². The van der Waals surface area contributed by atoms with Crippen LogP contribution in [-0.2, 0) is 20.2 Å². The number of hydrogen-bond donors (Lipinski definition) is 1. The zero-order valence-electron chi connectivity index (χ0n) is 18.4. The first-order valence-corrected chi connectivity index (χ1v) is 10.5. The van der Waals surface area contributed by atoms with E-state index in [-0.39, 0.29) is 5.91 Å². The summed E-state index contributed by atoms with van der Waals surface area (Å²) in [6.45, 7) is 1.54. The molecular weight excluding hydrogens is 420 g/mol. The van der Waals surface area contributed by atoms with E-state index in [2.05, 4.69) is 15.3 Å². The third-order valence-electron chi connectivity index (χ3n) is 5.44. The lowest BCUT2D eigenvalue weighted by Crippen LogP contribution is -2.35. The van der Waals surface area contributed by atoms with E-state index >= 15 is 0 Å². The molecule has 3 aromatic heterocycles. The predicted octanol–water partition coefficient (Wildman–Crippen LogP) is 2.16. The minimum atomic E-state index is -0.115. The molecular formula is C24H23N6O3+. The Morgan fingerprint density at radius 3 is 2.48 bits per heavy atom. The van der Waals surface area contributed by atoms with E-state index in [0.29, 0.717) is 37.2 Å². The second kappa shape index (κ2) is 8.70. The van der Waals surface area contributed by atoms with Crippen molar-refractivity contribution in [3.8, 4) is 34.1 Å². The van der Waals surface area contributed by atoms with Gasteiger partial charge in [0.25, 0.3) is 5.91 Å². The number of methoxy groups -OCH3 is 1. The van der Waals surface area contributed by atoms with E-state index in [9.17, 15) is 4.79 Å². The van der Waals surface area contributed by atoms with Gasteiger partial charge in [-0.05, 0) is 17.7 Å². The molecule has 0 saturated heterocycles. The number of carbonyl (C=O) groups excluding carboxylic acids is 1. The average Bonchev–Trinajstić information content (AvgIpc) is 3.25. The molecule has 1 aromatic carbocycles. The molecule has 1 aliphatic heterocycles. The fourth-order valence-corrected chi connectivity index (χ4v) is 3.76. The first-order chi connectivity index (χ1) is 16.1. The Morgan fingerprint density at radius 2 is 1.79 bits per heavy atom. The van der Waals surface area contributed by atoms with Gasteiger partial charge in [-0.25, -0.2) is 14.5 Å². The summed E-state index contributed by atoms with van der Waals surface area (Å²) in [6, 6.07) is 12.0. The van der Waals surface area contributed by atoms with Crippen molar-refractivity contribution >= 4 is 5.91 Å². The van der Waals surface area contributed by atoms with Crippen LogP contribution in [0, 0.1) is 0 Å². The summed E-state index contributed by atoms with van der Waals surface area (Å²) in [5.41, 5.74) is 4.87. The van der Waals surface area contributed by atoms with Gasteiger partial charge in [0.2, 0.25) is 0 Å². The normalized spacial score (nSPS) is 12.7. The minimum Gasteiger partial charge on any atom is -0.489 e. The molecule has 0 saturated carbocycles. The van der Waals surface area contributed by atoms with Crippen LogP contribution in [0.25, 0.3) is 22.4 Å². The van der Waals surface area contributed by atoms with Crippen LogP contribution in [0.2, 0.25) is 0 Å². The zero-order chi connectivity index (χ0) is 22.8. The van der Waals surface area contributed by atoms with Crippen LogP contribution >= 0.6 is 0 Å². The van der Waals surface area contributed by atoms with Crippen LogP contribution in [0.5, 0.6) is 11.8 Å². The van der Waals surface area contributed by atoms with Gasteiger partial charge in [0.1, 0.15) is 30.8 Å². The number of aromatic nitrogens is 5. The molecule has 1 aliphatic rings. The van der Waals surface area contributed by atoms with E-state index in [1.54, 1.807) is 17.1 Å². The molecule has 1 N–H and O–H groups in total. The highest BCUT2D eigenvalue weighted by Gasteiger charge is 2.28. The number of benzene rings is 1. The lowest BCUT2D eigenvalue weighted by molar-refractivity contribution is -0.671. The molecule has 33 heavy (non-hydrogen) atoms. The van der Waals surface area contributed by atoms with Crippen molar-refractivity contribution in [2.24, 2.45) is 7.05 Å². The zero-order valence-corrected chi connectivity index (χ0v) is 18.4. The predicted molar refractivity (Wildman–Crippen MR) is 120 cm³/mol. The lowest BCUT2D eigenvalue weighted by Gasteiger charge is -2.15. The highest BCUT2D eigenvalue weighted by Crippen LogP contribution is 2.36. The van der Waals surface area contributed by atoms with E-state index in [1.165, 1.54) is 7.11 Å². The summed E-state index contributed by atoms with van der Waals surface area (Å²) < 4.78 is 14.6. The maximum Gasteiger partial charge on any atom is 0.316 e. The van der Waals surface area contributed by atoms with Crippen molar-refractivity contribution in [3.05, 3.63) is 72.4 Å². The number of fused-ring (bicyclic) bond motifs is 1. The maximum atomic E-state index is 12.7. The molecule has 166 valence electrons. The molecule has 5 rings (SSSR count). The highest BCUT2D eigenvalue weighted by molar-refractivity contribution is 6.03. The van der Waals surface area contributed by atoms with Crippen LogP contribution in [0.3, 0.4) is 0 Å². The first kappa shape index (κ1) is 20.6. The van der Waals surface area contributed by atoms with E-state index in [0.717, 1.165) is 27.9 Å². The van der Waals surface area contributed by atoms with Crippen molar-refractivity contribution in [3.63, 3.8) is 0 Å². The number of hydrogen-bond acceptors (Lipinski definition) is 6. The topological polar surface area (TPSA) is 95.0 Å². The molecule has 0 aliphatic carbocycles.